The van der Waals surface area contributed by atoms with Gasteiger partial charge in [-0.05, 0) is 18.1 Å². The Morgan fingerprint density at radius 1 is 1.43 bits per heavy atom. The highest BCUT2D eigenvalue weighted by Gasteiger charge is 2.39. The largest absolute Gasteiger partial charge is 0.480 e. The molecule has 0 aliphatic carbocycles. The van der Waals surface area contributed by atoms with E-state index >= 15 is 0 Å². The first-order valence-electron chi connectivity index (χ1n) is 6.91. The average molecular weight is 292 g/mol. The number of anilines is 1. The highest BCUT2D eigenvalue weighted by Crippen LogP contribution is 2.22. The summed E-state index contributed by atoms with van der Waals surface area (Å²) < 4.78 is 5.18. The van der Waals surface area contributed by atoms with Crippen LogP contribution in [0.4, 0.5) is 5.69 Å². The fourth-order valence-corrected chi connectivity index (χ4v) is 2.63. The van der Waals surface area contributed by atoms with E-state index in [0.29, 0.717) is 25.1 Å². The SMILES string of the molecule is COC1CC(C(=O)O)N(C(=O)CCc2ccccc2N)C1. The van der Waals surface area contributed by atoms with Crippen molar-refractivity contribution in [3.63, 3.8) is 0 Å². The Bertz CT molecular complexity index is 532. The third kappa shape index (κ3) is 3.52. The van der Waals surface area contributed by atoms with Gasteiger partial charge in [-0.15, -0.1) is 0 Å². The zero-order valence-electron chi connectivity index (χ0n) is 12.0. The summed E-state index contributed by atoms with van der Waals surface area (Å²) in [7, 11) is 1.53. The van der Waals surface area contributed by atoms with Gasteiger partial charge in [0.25, 0.3) is 0 Å². The monoisotopic (exact) mass is 292 g/mol. The van der Waals surface area contributed by atoms with Crippen molar-refractivity contribution in [3.8, 4) is 0 Å². The first-order chi connectivity index (χ1) is 10.0. The van der Waals surface area contributed by atoms with Crippen molar-refractivity contribution in [1.29, 1.82) is 0 Å². The summed E-state index contributed by atoms with van der Waals surface area (Å²) in [5, 5.41) is 9.21. The molecule has 1 aromatic carbocycles. The molecule has 21 heavy (non-hydrogen) atoms. The van der Waals surface area contributed by atoms with Crippen molar-refractivity contribution < 1.29 is 19.4 Å². The van der Waals surface area contributed by atoms with Crippen LogP contribution in [-0.2, 0) is 20.7 Å². The molecule has 0 bridgehead atoms. The Morgan fingerprint density at radius 3 is 2.76 bits per heavy atom. The number of ether oxygens (including phenoxy) is 1. The average Bonchev–Trinajstić information content (AvgIpc) is 2.90. The molecule has 1 heterocycles. The number of likely N-dealkylation sites (tertiary alicyclic amines) is 1. The summed E-state index contributed by atoms with van der Waals surface area (Å²) >= 11 is 0. The number of nitrogens with zero attached hydrogens (tertiary/aromatic N) is 1. The quantitative estimate of drug-likeness (QED) is 0.787. The van der Waals surface area contributed by atoms with E-state index in [1.54, 1.807) is 6.07 Å². The number of carboxylic acids is 1. The van der Waals surface area contributed by atoms with Crippen LogP contribution in [0, 0.1) is 0 Å². The van der Waals surface area contributed by atoms with Gasteiger partial charge in [0, 0.05) is 32.2 Å². The van der Waals surface area contributed by atoms with Crippen LogP contribution in [0.2, 0.25) is 0 Å². The maximum Gasteiger partial charge on any atom is 0.326 e. The number of hydrogen-bond donors (Lipinski definition) is 2. The Morgan fingerprint density at radius 2 is 2.14 bits per heavy atom. The summed E-state index contributed by atoms with van der Waals surface area (Å²) in [6, 6.07) is 6.57. The molecule has 2 rings (SSSR count). The molecule has 6 nitrogen and oxygen atoms in total. The molecule has 1 saturated heterocycles. The molecule has 1 aromatic rings. The van der Waals surface area contributed by atoms with Crippen LogP contribution >= 0.6 is 0 Å². The number of rotatable bonds is 5. The number of nitrogen functional groups attached to an aromatic ring is 1. The summed E-state index contributed by atoms with van der Waals surface area (Å²) in [6.07, 6.45) is 0.878. The number of carbonyl (C=O) groups is 2. The molecule has 0 aromatic heterocycles. The molecule has 1 fully saturated rings. The first-order valence-corrected chi connectivity index (χ1v) is 6.91. The predicted octanol–water partition coefficient (Wildman–Crippen LogP) is 0.902. The van der Waals surface area contributed by atoms with E-state index in [4.69, 9.17) is 10.5 Å². The van der Waals surface area contributed by atoms with Gasteiger partial charge < -0.3 is 20.5 Å². The number of amides is 1. The van der Waals surface area contributed by atoms with Gasteiger partial charge in [-0.2, -0.15) is 0 Å². The number of nitrogens with two attached hydrogens (primary N) is 1. The number of hydrogen-bond acceptors (Lipinski definition) is 4. The number of para-hydroxylation sites is 1. The van der Waals surface area contributed by atoms with Crippen molar-refractivity contribution in [2.75, 3.05) is 19.4 Å². The van der Waals surface area contributed by atoms with Crippen LogP contribution in [0.5, 0.6) is 0 Å². The van der Waals surface area contributed by atoms with Gasteiger partial charge in [-0.25, -0.2) is 4.79 Å². The standard InChI is InChI=1S/C15H20N2O4/c1-21-11-8-13(15(19)20)17(9-11)14(18)7-6-10-4-2-3-5-12(10)16/h2-5,11,13H,6-9,16H2,1H3,(H,19,20). The lowest BCUT2D eigenvalue weighted by atomic mass is 10.1. The minimum Gasteiger partial charge on any atom is -0.480 e. The second-order valence-electron chi connectivity index (χ2n) is 5.19. The number of aryl methyl sites for hydroxylation is 1. The number of benzene rings is 1. The van der Waals surface area contributed by atoms with Crippen molar-refractivity contribution >= 4 is 17.6 Å². The number of methoxy groups -OCH3 is 1. The zero-order valence-corrected chi connectivity index (χ0v) is 12.0. The van der Waals surface area contributed by atoms with Crippen LogP contribution in [0.15, 0.2) is 24.3 Å². The van der Waals surface area contributed by atoms with E-state index in [0.717, 1.165) is 5.56 Å². The van der Waals surface area contributed by atoms with Gasteiger partial charge in [0.1, 0.15) is 6.04 Å². The molecule has 114 valence electrons. The van der Waals surface area contributed by atoms with Crippen molar-refractivity contribution in [2.45, 2.75) is 31.4 Å². The van der Waals surface area contributed by atoms with Crippen molar-refractivity contribution in [2.24, 2.45) is 0 Å². The van der Waals surface area contributed by atoms with Gasteiger partial charge in [-0.3, -0.25) is 4.79 Å². The Balaban J connectivity index is 1.99. The van der Waals surface area contributed by atoms with Gasteiger partial charge in [0.15, 0.2) is 0 Å². The summed E-state index contributed by atoms with van der Waals surface area (Å²) in [6.45, 7) is 0.330. The van der Waals surface area contributed by atoms with E-state index < -0.39 is 12.0 Å². The minimum atomic E-state index is -0.984. The Labute approximate surface area is 123 Å². The second-order valence-corrected chi connectivity index (χ2v) is 5.19. The lowest BCUT2D eigenvalue weighted by molar-refractivity contribution is -0.148. The Kier molecular flexibility index (Phi) is 4.80. The van der Waals surface area contributed by atoms with Crippen LogP contribution in [-0.4, -0.2) is 47.7 Å². The van der Waals surface area contributed by atoms with E-state index in [1.807, 2.05) is 18.2 Å². The normalized spacial score (nSPS) is 21.5. The van der Waals surface area contributed by atoms with E-state index in [9.17, 15) is 14.7 Å². The number of aliphatic carboxylic acids is 1. The molecule has 0 spiro atoms. The predicted molar refractivity (Wildman–Crippen MR) is 77.7 cm³/mol. The molecule has 0 radical (unpaired) electrons. The van der Waals surface area contributed by atoms with Gasteiger partial charge in [-0.1, -0.05) is 18.2 Å². The Hall–Kier alpha value is -2.08. The highest BCUT2D eigenvalue weighted by molar-refractivity contribution is 5.84. The molecule has 1 aliphatic heterocycles. The minimum absolute atomic E-state index is 0.176. The van der Waals surface area contributed by atoms with Crippen molar-refractivity contribution in [1.82, 2.24) is 4.90 Å². The smallest absolute Gasteiger partial charge is 0.326 e. The summed E-state index contributed by atoms with van der Waals surface area (Å²) in [4.78, 5) is 24.9. The van der Waals surface area contributed by atoms with E-state index in [2.05, 4.69) is 0 Å². The fraction of sp³-hybridized carbons (Fsp3) is 0.467. The summed E-state index contributed by atoms with van der Waals surface area (Å²) in [5.74, 6) is -1.16. The third-order valence-electron chi connectivity index (χ3n) is 3.86. The maximum atomic E-state index is 12.3. The van der Waals surface area contributed by atoms with E-state index in [1.165, 1.54) is 12.0 Å². The lowest BCUT2D eigenvalue weighted by Gasteiger charge is -2.21. The maximum absolute atomic E-state index is 12.3. The number of carboxylic acid groups (broad SMARTS) is 1. The molecule has 2 atom stereocenters. The molecule has 3 N–H and O–H groups in total. The highest BCUT2D eigenvalue weighted by atomic mass is 16.5. The molecular weight excluding hydrogens is 272 g/mol. The van der Waals surface area contributed by atoms with Crippen LogP contribution < -0.4 is 5.73 Å². The topological polar surface area (TPSA) is 92.9 Å². The van der Waals surface area contributed by atoms with Crippen molar-refractivity contribution in [3.05, 3.63) is 29.8 Å². The summed E-state index contributed by atoms with van der Waals surface area (Å²) in [5.41, 5.74) is 7.39. The van der Waals surface area contributed by atoms with Crippen LogP contribution in [0.25, 0.3) is 0 Å². The van der Waals surface area contributed by atoms with Gasteiger partial charge >= 0.3 is 5.97 Å². The molecule has 1 amide bonds. The molecular formula is C15H20N2O4. The fourth-order valence-electron chi connectivity index (χ4n) is 2.63. The second kappa shape index (κ2) is 6.58. The third-order valence-corrected chi connectivity index (χ3v) is 3.86. The zero-order chi connectivity index (χ0) is 15.4. The molecule has 2 unspecified atom stereocenters. The molecule has 6 heteroatoms. The molecule has 1 aliphatic rings. The lowest BCUT2D eigenvalue weighted by Crippen LogP contribution is -2.40. The first kappa shape index (κ1) is 15.3. The van der Waals surface area contributed by atoms with E-state index in [-0.39, 0.29) is 18.4 Å². The van der Waals surface area contributed by atoms with Crippen LogP contribution in [0.3, 0.4) is 0 Å². The van der Waals surface area contributed by atoms with Crippen LogP contribution in [0.1, 0.15) is 18.4 Å². The van der Waals surface area contributed by atoms with Gasteiger partial charge in [0.2, 0.25) is 5.91 Å². The number of carbonyl (C=O) groups excluding carboxylic acids is 1. The van der Waals surface area contributed by atoms with Gasteiger partial charge in [0.05, 0.1) is 6.10 Å². The molecule has 0 saturated carbocycles.